The van der Waals surface area contributed by atoms with Crippen molar-refractivity contribution in [1.82, 2.24) is 15.3 Å². The van der Waals surface area contributed by atoms with Crippen LogP contribution in [0.1, 0.15) is 23.2 Å². The van der Waals surface area contributed by atoms with Gasteiger partial charge in [-0.05, 0) is 49.2 Å². The number of piperidine rings is 1. The largest absolute Gasteiger partial charge is 0.495 e. The lowest BCUT2D eigenvalue weighted by molar-refractivity contribution is 0.0931. The molecule has 1 aromatic heterocycles. The first kappa shape index (κ1) is 20.9. The van der Waals surface area contributed by atoms with Crippen molar-refractivity contribution in [1.29, 1.82) is 0 Å². The molecule has 0 aliphatic carbocycles. The van der Waals surface area contributed by atoms with Crippen LogP contribution >= 0.6 is 11.6 Å². The van der Waals surface area contributed by atoms with E-state index >= 15 is 0 Å². The number of aromatic nitrogens is 2. The highest BCUT2D eigenvalue weighted by Gasteiger charge is 2.23. The van der Waals surface area contributed by atoms with Crippen molar-refractivity contribution < 1.29 is 9.53 Å². The number of benzene rings is 2. The highest BCUT2D eigenvalue weighted by Crippen LogP contribution is 2.27. The number of nitrogens with one attached hydrogen (secondary N) is 2. The first-order chi connectivity index (χ1) is 15.1. The van der Waals surface area contributed by atoms with Gasteiger partial charge >= 0.3 is 0 Å². The van der Waals surface area contributed by atoms with Crippen LogP contribution in [0.4, 0.5) is 17.5 Å². The van der Waals surface area contributed by atoms with E-state index in [0.29, 0.717) is 22.4 Å². The van der Waals surface area contributed by atoms with Crippen molar-refractivity contribution in [3.8, 4) is 5.75 Å². The third kappa shape index (κ3) is 5.24. The molecule has 0 spiro atoms. The number of para-hydroxylation sites is 2. The van der Waals surface area contributed by atoms with Crippen molar-refractivity contribution in [2.75, 3.05) is 30.4 Å². The van der Waals surface area contributed by atoms with E-state index < -0.39 is 0 Å². The molecular formula is C23H24ClN5O2. The minimum atomic E-state index is -0.0970. The maximum absolute atomic E-state index is 12.5. The highest BCUT2D eigenvalue weighted by atomic mass is 35.5. The van der Waals surface area contributed by atoms with Crippen LogP contribution in [-0.2, 0) is 0 Å². The van der Waals surface area contributed by atoms with Gasteiger partial charge in [0.2, 0.25) is 5.95 Å². The number of hydrogen-bond acceptors (Lipinski definition) is 6. The molecule has 0 radical (unpaired) electrons. The monoisotopic (exact) mass is 437 g/mol. The van der Waals surface area contributed by atoms with Crippen molar-refractivity contribution in [3.63, 3.8) is 0 Å². The van der Waals surface area contributed by atoms with E-state index in [1.165, 1.54) is 0 Å². The molecule has 2 aromatic carbocycles. The van der Waals surface area contributed by atoms with Crippen LogP contribution in [-0.4, -0.2) is 42.1 Å². The molecule has 7 nitrogen and oxygen atoms in total. The normalized spacial score (nSPS) is 14.2. The molecule has 0 unspecified atom stereocenters. The number of hydrogen-bond donors (Lipinski definition) is 2. The summed E-state index contributed by atoms with van der Waals surface area (Å²) < 4.78 is 5.39. The molecule has 2 N–H and O–H groups in total. The summed E-state index contributed by atoms with van der Waals surface area (Å²) in [4.78, 5) is 23.7. The van der Waals surface area contributed by atoms with Gasteiger partial charge in [0.15, 0.2) is 0 Å². The average molecular weight is 438 g/mol. The van der Waals surface area contributed by atoms with Gasteiger partial charge in [0.05, 0.1) is 12.8 Å². The number of anilines is 3. The number of methoxy groups -OCH3 is 1. The highest BCUT2D eigenvalue weighted by molar-refractivity contribution is 6.30. The molecule has 0 saturated carbocycles. The SMILES string of the molecule is COc1ccccc1Nc1ccnc(N2CCC(NC(=O)c3cccc(Cl)c3)CC2)n1. The smallest absolute Gasteiger partial charge is 0.251 e. The fourth-order valence-electron chi connectivity index (χ4n) is 3.58. The molecule has 1 saturated heterocycles. The second-order valence-electron chi connectivity index (χ2n) is 7.31. The molecule has 0 bridgehead atoms. The average Bonchev–Trinajstić information content (AvgIpc) is 2.80. The number of carbonyl (C=O) groups is 1. The molecule has 160 valence electrons. The van der Waals surface area contributed by atoms with Crippen molar-refractivity contribution in [2.24, 2.45) is 0 Å². The van der Waals surface area contributed by atoms with Gasteiger partial charge in [0, 0.05) is 35.9 Å². The summed E-state index contributed by atoms with van der Waals surface area (Å²) in [7, 11) is 1.64. The Bertz CT molecular complexity index is 1050. The molecule has 8 heteroatoms. The Kier molecular flexibility index (Phi) is 6.52. The maximum atomic E-state index is 12.5. The van der Waals surface area contributed by atoms with Crippen LogP contribution in [0.15, 0.2) is 60.8 Å². The zero-order valence-electron chi connectivity index (χ0n) is 17.2. The number of rotatable bonds is 6. The van der Waals surface area contributed by atoms with Crippen molar-refractivity contribution in [2.45, 2.75) is 18.9 Å². The van der Waals surface area contributed by atoms with Crippen LogP contribution in [0.5, 0.6) is 5.75 Å². The summed E-state index contributed by atoms with van der Waals surface area (Å²) in [5, 5.41) is 6.95. The number of amides is 1. The standard InChI is InChI=1S/C23H24ClN5O2/c1-31-20-8-3-2-7-19(20)27-21-9-12-25-23(28-21)29-13-10-18(11-14-29)26-22(30)16-5-4-6-17(24)15-16/h2-9,12,15,18H,10-11,13-14H2,1H3,(H,26,30)(H,25,27,28). The van der Waals surface area contributed by atoms with E-state index in [4.69, 9.17) is 16.3 Å². The predicted molar refractivity (Wildman–Crippen MR) is 122 cm³/mol. The van der Waals surface area contributed by atoms with E-state index in [1.807, 2.05) is 30.3 Å². The number of halogens is 1. The van der Waals surface area contributed by atoms with Gasteiger partial charge in [-0.3, -0.25) is 4.79 Å². The number of carbonyl (C=O) groups excluding carboxylic acids is 1. The molecule has 1 amide bonds. The Balaban J connectivity index is 1.36. The summed E-state index contributed by atoms with van der Waals surface area (Å²) in [5.41, 5.74) is 1.42. The lowest BCUT2D eigenvalue weighted by Gasteiger charge is -2.32. The van der Waals surface area contributed by atoms with E-state index in [2.05, 4.69) is 25.5 Å². The maximum Gasteiger partial charge on any atom is 0.251 e. The Labute approximate surface area is 186 Å². The van der Waals surface area contributed by atoms with E-state index in [-0.39, 0.29) is 11.9 Å². The Morgan fingerprint density at radius 3 is 2.71 bits per heavy atom. The third-order valence-electron chi connectivity index (χ3n) is 5.21. The zero-order valence-corrected chi connectivity index (χ0v) is 18.0. The number of nitrogens with zero attached hydrogens (tertiary/aromatic N) is 3. The summed E-state index contributed by atoms with van der Waals surface area (Å²) in [5.74, 6) is 2.02. The van der Waals surface area contributed by atoms with Crippen molar-refractivity contribution >= 4 is 35.0 Å². The Morgan fingerprint density at radius 1 is 1.13 bits per heavy atom. The van der Waals surface area contributed by atoms with E-state index in [0.717, 1.165) is 37.4 Å². The molecule has 1 aliphatic heterocycles. The predicted octanol–water partition coefficient (Wildman–Crippen LogP) is 4.28. The van der Waals surface area contributed by atoms with Crippen LogP contribution < -0.4 is 20.3 Å². The van der Waals surface area contributed by atoms with Crippen LogP contribution in [0.3, 0.4) is 0 Å². The lowest BCUT2D eigenvalue weighted by atomic mass is 10.0. The minimum Gasteiger partial charge on any atom is -0.495 e. The molecular weight excluding hydrogens is 414 g/mol. The quantitative estimate of drug-likeness (QED) is 0.599. The lowest BCUT2D eigenvalue weighted by Crippen LogP contribution is -2.45. The Hall–Kier alpha value is -3.32. The van der Waals surface area contributed by atoms with Gasteiger partial charge in [0.25, 0.3) is 5.91 Å². The van der Waals surface area contributed by atoms with E-state index in [9.17, 15) is 4.79 Å². The van der Waals surface area contributed by atoms with Crippen LogP contribution in [0.25, 0.3) is 0 Å². The molecule has 31 heavy (non-hydrogen) atoms. The van der Waals surface area contributed by atoms with Gasteiger partial charge in [-0.2, -0.15) is 4.98 Å². The third-order valence-corrected chi connectivity index (χ3v) is 5.45. The molecule has 1 aliphatic rings. The second-order valence-corrected chi connectivity index (χ2v) is 7.75. The first-order valence-electron chi connectivity index (χ1n) is 10.2. The second kappa shape index (κ2) is 9.66. The van der Waals surface area contributed by atoms with Crippen LogP contribution in [0, 0.1) is 0 Å². The van der Waals surface area contributed by atoms with Crippen LogP contribution in [0.2, 0.25) is 5.02 Å². The fourth-order valence-corrected chi connectivity index (χ4v) is 3.77. The molecule has 0 atom stereocenters. The summed E-state index contributed by atoms with van der Waals surface area (Å²) in [6, 6.07) is 16.6. The number of ether oxygens (including phenoxy) is 1. The van der Waals surface area contributed by atoms with Gasteiger partial charge in [-0.15, -0.1) is 0 Å². The summed E-state index contributed by atoms with van der Waals surface area (Å²) in [6.07, 6.45) is 3.38. The molecule has 3 aromatic rings. The van der Waals surface area contributed by atoms with Crippen molar-refractivity contribution in [3.05, 3.63) is 71.4 Å². The topological polar surface area (TPSA) is 79.4 Å². The van der Waals surface area contributed by atoms with Gasteiger partial charge in [-0.1, -0.05) is 29.8 Å². The molecule has 1 fully saturated rings. The minimum absolute atomic E-state index is 0.0970. The first-order valence-corrected chi connectivity index (χ1v) is 10.5. The van der Waals surface area contributed by atoms with Gasteiger partial charge in [0.1, 0.15) is 11.6 Å². The summed E-state index contributed by atoms with van der Waals surface area (Å²) >= 11 is 5.99. The van der Waals surface area contributed by atoms with Gasteiger partial charge < -0.3 is 20.3 Å². The fraction of sp³-hybridized carbons (Fsp3) is 0.261. The van der Waals surface area contributed by atoms with E-state index in [1.54, 1.807) is 37.6 Å². The molecule has 4 rings (SSSR count). The Morgan fingerprint density at radius 2 is 1.94 bits per heavy atom. The molecule has 2 heterocycles. The summed E-state index contributed by atoms with van der Waals surface area (Å²) in [6.45, 7) is 1.53. The zero-order chi connectivity index (χ0) is 21.6. The van der Waals surface area contributed by atoms with Gasteiger partial charge in [-0.25, -0.2) is 4.98 Å².